The van der Waals surface area contributed by atoms with Crippen LogP contribution >= 0.6 is 11.6 Å². The zero-order chi connectivity index (χ0) is 20.8. The van der Waals surface area contributed by atoms with E-state index in [9.17, 15) is 4.79 Å². The van der Waals surface area contributed by atoms with Gasteiger partial charge in [0.15, 0.2) is 6.61 Å². The number of nitrogens with zero attached hydrogens (tertiary/aromatic N) is 4. The van der Waals surface area contributed by atoms with E-state index in [0.29, 0.717) is 22.4 Å². The first-order valence-electron chi connectivity index (χ1n) is 9.72. The van der Waals surface area contributed by atoms with E-state index >= 15 is 0 Å². The van der Waals surface area contributed by atoms with Gasteiger partial charge in [-0.1, -0.05) is 29.8 Å². The van der Waals surface area contributed by atoms with Gasteiger partial charge in [0.2, 0.25) is 5.95 Å². The van der Waals surface area contributed by atoms with E-state index in [0.717, 1.165) is 26.2 Å². The van der Waals surface area contributed by atoms with Crippen LogP contribution in [0, 0.1) is 0 Å². The molecule has 1 aliphatic rings. The number of anilines is 3. The SMILES string of the molecule is O=C(COc1ccc(Cl)cc1)Nc1cnc(N2CCN(c3ccccc3)CC2)nc1. The first-order valence-corrected chi connectivity index (χ1v) is 10.1. The number of hydrogen-bond donors (Lipinski definition) is 1. The van der Waals surface area contributed by atoms with Gasteiger partial charge in [0.1, 0.15) is 5.75 Å². The molecular weight excluding hydrogens is 402 g/mol. The third-order valence-electron chi connectivity index (χ3n) is 4.79. The Morgan fingerprint density at radius 3 is 2.23 bits per heavy atom. The summed E-state index contributed by atoms with van der Waals surface area (Å²) in [5, 5.41) is 3.36. The van der Waals surface area contributed by atoms with Crippen molar-refractivity contribution < 1.29 is 9.53 Å². The molecule has 154 valence electrons. The maximum absolute atomic E-state index is 12.1. The fourth-order valence-corrected chi connectivity index (χ4v) is 3.36. The quantitative estimate of drug-likeness (QED) is 0.654. The summed E-state index contributed by atoms with van der Waals surface area (Å²) in [6.07, 6.45) is 3.23. The van der Waals surface area contributed by atoms with Gasteiger partial charge in [-0.25, -0.2) is 9.97 Å². The third-order valence-corrected chi connectivity index (χ3v) is 5.04. The molecule has 0 radical (unpaired) electrons. The minimum absolute atomic E-state index is 0.106. The molecule has 0 unspecified atom stereocenters. The van der Waals surface area contributed by atoms with Crippen molar-refractivity contribution in [2.75, 3.05) is 47.9 Å². The lowest BCUT2D eigenvalue weighted by Crippen LogP contribution is -2.47. The van der Waals surface area contributed by atoms with Crippen molar-refractivity contribution in [3.8, 4) is 5.75 Å². The van der Waals surface area contributed by atoms with Crippen LogP contribution in [0.1, 0.15) is 0 Å². The van der Waals surface area contributed by atoms with Crippen LogP contribution in [-0.2, 0) is 4.79 Å². The molecule has 4 rings (SSSR count). The molecule has 1 fully saturated rings. The highest BCUT2D eigenvalue weighted by molar-refractivity contribution is 6.30. The molecule has 3 aromatic rings. The topological polar surface area (TPSA) is 70.6 Å². The predicted octanol–water partition coefficient (Wildman–Crippen LogP) is 3.47. The first kappa shape index (κ1) is 20.0. The van der Waals surface area contributed by atoms with Crippen molar-refractivity contribution in [3.05, 3.63) is 72.0 Å². The van der Waals surface area contributed by atoms with E-state index in [4.69, 9.17) is 16.3 Å². The van der Waals surface area contributed by atoms with E-state index in [1.165, 1.54) is 5.69 Å². The van der Waals surface area contributed by atoms with Crippen molar-refractivity contribution >= 4 is 34.8 Å². The first-order chi connectivity index (χ1) is 14.7. The minimum Gasteiger partial charge on any atom is -0.484 e. The summed E-state index contributed by atoms with van der Waals surface area (Å²) < 4.78 is 5.44. The van der Waals surface area contributed by atoms with Crippen LogP contribution < -0.4 is 19.9 Å². The molecule has 2 heterocycles. The Hall–Kier alpha value is -3.32. The monoisotopic (exact) mass is 423 g/mol. The van der Waals surface area contributed by atoms with Crippen LogP contribution in [0.2, 0.25) is 5.02 Å². The van der Waals surface area contributed by atoms with Crippen molar-refractivity contribution in [2.24, 2.45) is 0 Å². The van der Waals surface area contributed by atoms with Gasteiger partial charge in [-0.2, -0.15) is 0 Å². The lowest BCUT2D eigenvalue weighted by Gasteiger charge is -2.36. The van der Waals surface area contributed by atoms with E-state index in [1.54, 1.807) is 36.7 Å². The number of aromatic nitrogens is 2. The molecule has 1 N–H and O–H groups in total. The summed E-state index contributed by atoms with van der Waals surface area (Å²) in [5.41, 5.74) is 1.77. The number of hydrogen-bond acceptors (Lipinski definition) is 6. The number of carbonyl (C=O) groups is 1. The van der Waals surface area contributed by atoms with Gasteiger partial charge in [0.05, 0.1) is 18.1 Å². The van der Waals surface area contributed by atoms with Crippen LogP contribution in [0.3, 0.4) is 0 Å². The fourth-order valence-electron chi connectivity index (χ4n) is 3.23. The molecule has 0 spiro atoms. The molecule has 2 aromatic carbocycles. The molecule has 1 amide bonds. The van der Waals surface area contributed by atoms with Gasteiger partial charge >= 0.3 is 0 Å². The maximum Gasteiger partial charge on any atom is 0.262 e. The highest BCUT2D eigenvalue weighted by atomic mass is 35.5. The number of ether oxygens (including phenoxy) is 1. The summed E-state index contributed by atoms with van der Waals surface area (Å²) in [6.45, 7) is 3.40. The Balaban J connectivity index is 1.26. The Morgan fingerprint density at radius 1 is 0.933 bits per heavy atom. The molecular formula is C22H22ClN5O2. The van der Waals surface area contributed by atoms with Crippen LogP contribution in [0.4, 0.5) is 17.3 Å². The average molecular weight is 424 g/mol. The standard InChI is InChI=1S/C22H22ClN5O2/c23-17-6-8-20(9-7-17)30-16-21(29)26-18-14-24-22(25-15-18)28-12-10-27(11-13-28)19-4-2-1-3-5-19/h1-9,14-15H,10-13,16H2,(H,26,29). The van der Waals surface area contributed by atoms with Crippen LogP contribution in [0.15, 0.2) is 67.0 Å². The van der Waals surface area contributed by atoms with E-state index in [-0.39, 0.29) is 12.5 Å². The lowest BCUT2D eigenvalue weighted by molar-refractivity contribution is -0.118. The second kappa shape index (κ2) is 9.45. The highest BCUT2D eigenvalue weighted by Gasteiger charge is 2.19. The molecule has 1 aromatic heterocycles. The summed E-state index contributed by atoms with van der Waals surface area (Å²) in [7, 11) is 0. The van der Waals surface area contributed by atoms with Gasteiger partial charge in [-0.05, 0) is 36.4 Å². The third kappa shape index (κ3) is 5.18. The zero-order valence-corrected chi connectivity index (χ0v) is 17.1. The van der Waals surface area contributed by atoms with Crippen LogP contribution in [0.5, 0.6) is 5.75 Å². The van der Waals surface area contributed by atoms with Crippen molar-refractivity contribution in [3.63, 3.8) is 0 Å². The molecule has 0 saturated carbocycles. The summed E-state index contributed by atoms with van der Waals surface area (Å²) >= 11 is 5.83. The Kier molecular flexibility index (Phi) is 6.29. The molecule has 1 saturated heterocycles. The molecule has 1 aliphatic heterocycles. The van der Waals surface area contributed by atoms with Crippen molar-refractivity contribution in [1.82, 2.24) is 9.97 Å². The molecule has 30 heavy (non-hydrogen) atoms. The maximum atomic E-state index is 12.1. The normalized spacial score (nSPS) is 13.8. The van der Waals surface area contributed by atoms with E-state index in [1.807, 2.05) is 6.07 Å². The summed E-state index contributed by atoms with van der Waals surface area (Å²) in [5.74, 6) is 0.965. The zero-order valence-electron chi connectivity index (χ0n) is 16.4. The van der Waals surface area contributed by atoms with Gasteiger partial charge in [-0.3, -0.25) is 4.79 Å². The summed E-state index contributed by atoms with van der Waals surface area (Å²) in [6, 6.07) is 17.2. The van der Waals surface area contributed by atoms with Crippen LogP contribution in [0.25, 0.3) is 0 Å². The largest absolute Gasteiger partial charge is 0.484 e. The number of benzene rings is 2. The van der Waals surface area contributed by atoms with E-state index in [2.05, 4.69) is 49.4 Å². The molecule has 0 atom stereocenters. The second-order valence-corrected chi connectivity index (χ2v) is 7.31. The Bertz CT molecular complexity index is 959. The molecule has 0 aliphatic carbocycles. The van der Waals surface area contributed by atoms with Crippen molar-refractivity contribution in [2.45, 2.75) is 0 Å². The van der Waals surface area contributed by atoms with Gasteiger partial charge in [0, 0.05) is 36.9 Å². The number of nitrogens with one attached hydrogen (secondary N) is 1. The second-order valence-electron chi connectivity index (χ2n) is 6.87. The molecule has 7 nitrogen and oxygen atoms in total. The molecule has 8 heteroatoms. The number of rotatable bonds is 6. The fraction of sp³-hybridized carbons (Fsp3) is 0.227. The average Bonchev–Trinajstić information content (AvgIpc) is 2.80. The van der Waals surface area contributed by atoms with Gasteiger partial charge < -0.3 is 19.9 Å². The van der Waals surface area contributed by atoms with Crippen LogP contribution in [-0.4, -0.2) is 48.7 Å². The summed E-state index contributed by atoms with van der Waals surface area (Å²) in [4.78, 5) is 25.4. The van der Waals surface area contributed by atoms with Gasteiger partial charge in [-0.15, -0.1) is 0 Å². The predicted molar refractivity (Wildman–Crippen MR) is 118 cm³/mol. The number of carbonyl (C=O) groups excluding carboxylic acids is 1. The molecule has 0 bridgehead atoms. The number of para-hydroxylation sites is 1. The minimum atomic E-state index is -0.280. The Labute approximate surface area is 180 Å². The number of halogens is 1. The lowest BCUT2D eigenvalue weighted by atomic mass is 10.2. The number of amides is 1. The van der Waals surface area contributed by atoms with Gasteiger partial charge in [0.25, 0.3) is 5.91 Å². The number of piperazine rings is 1. The Morgan fingerprint density at radius 2 is 1.57 bits per heavy atom. The highest BCUT2D eigenvalue weighted by Crippen LogP contribution is 2.19. The van der Waals surface area contributed by atoms with Crippen molar-refractivity contribution in [1.29, 1.82) is 0 Å². The smallest absolute Gasteiger partial charge is 0.262 e. The van der Waals surface area contributed by atoms with E-state index < -0.39 is 0 Å².